The molecule has 9 heteroatoms. The lowest BCUT2D eigenvalue weighted by atomic mass is 9.87. The molecule has 1 amide bonds. The Morgan fingerprint density at radius 2 is 1.94 bits per heavy atom. The van der Waals surface area contributed by atoms with Gasteiger partial charge in [0.1, 0.15) is 23.9 Å². The molecule has 0 radical (unpaired) electrons. The van der Waals surface area contributed by atoms with Gasteiger partial charge in [-0.15, -0.1) is 0 Å². The standard InChI is InChI=1S/C27H41NO8/c1-16(8-11-23-25(31)27(15-33-27)14-26(6,32)36-23)7-10-22-17(2)13-21(19(4)35-22)28-24(30)12-9-18(3)34-20(5)29/h7-9,11-12,17-19,21-23,25,31-32H,10,13-15H2,1-6H3,(H,28,30)/b11-8+,12-9-,16-7+/t17-,18-,19+,21?,22-,23+,25+,26-,27+/m0/s1. The number of carbonyl (C=O) groups is 2. The summed E-state index contributed by atoms with van der Waals surface area (Å²) in [4.78, 5) is 23.3. The number of aliphatic hydroxyl groups excluding tert-OH is 1. The number of hydrogen-bond donors (Lipinski definition) is 3. The molecule has 9 atom stereocenters. The van der Waals surface area contributed by atoms with Crippen LogP contribution in [0, 0.1) is 5.92 Å². The minimum atomic E-state index is -1.34. The fraction of sp³-hybridized carbons (Fsp3) is 0.704. The zero-order valence-electron chi connectivity index (χ0n) is 22.1. The summed E-state index contributed by atoms with van der Waals surface area (Å²) >= 11 is 0. The van der Waals surface area contributed by atoms with Crippen LogP contribution in [0.15, 0.2) is 36.0 Å². The van der Waals surface area contributed by atoms with E-state index in [-0.39, 0.29) is 36.5 Å². The number of allylic oxidation sites excluding steroid dienone is 2. The molecule has 3 heterocycles. The van der Waals surface area contributed by atoms with Crippen LogP contribution in [0.25, 0.3) is 0 Å². The van der Waals surface area contributed by atoms with E-state index in [2.05, 4.69) is 18.3 Å². The summed E-state index contributed by atoms with van der Waals surface area (Å²) in [6.07, 6.45) is 8.33. The van der Waals surface area contributed by atoms with E-state index in [1.165, 1.54) is 13.0 Å². The van der Waals surface area contributed by atoms with Crippen molar-refractivity contribution in [3.8, 4) is 0 Å². The molecule has 3 rings (SSSR count). The Kier molecular flexibility index (Phi) is 9.16. The highest BCUT2D eigenvalue weighted by Gasteiger charge is 2.61. The first-order chi connectivity index (χ1) is 16.8. The van der Waals surface area contributed by atoms with Crippen LogP contribution in [-0.2, 0) is 28.5 Å². The summed E-state index contributed by atoms with van der Waals surface area (Å²) in [5, 5.41) is 23.9. The molecule has 36 heavy (non-hydrogen) atoms. The second-order valence-corrected chi connectivity index (χ2v) is 10.7. The third kappa shape index (κ3) is 7.73. The maximum absolute atomic E-state index is 12.3. The van der Waals surface area contributed by atoms with E-state index in [4.69, 9.17) is 18.9 Å². The van der Waals surface area contributed by atoms with Gasteiger partial charge >= 0.3 is 5.97 Å². The first kappa shape index (κ1) is 28.5. The van der Waals surface area contributed by atoms with Gasteiger partial charge in [-0.2, -0.15) is 0 Å². The third-order valence-corrected chi connectivity index (χ3v) is 7.02. The van der Waals surface area contributed by atoms with Crippen molar-refractivity contribution in [2.45, 2.75) is 109 Å². The average Bonchev–Trinajstić information content (AvgIpc) is 3.54. The Hall–Kier alpha value is -2.04. The van der Waals surface area contributed by atoms with E-state index in [0.717, 1.165) is 12.0 Å². The van der Waals surface area contributed by atoms with E-state index in [1.54, 1.807) is 26.0 Å². The molecule has 0 aromatic heterocycles. The zero-order valence-corrected chi connectivity index (χ0v) is 22.1. The lowest BCUT2D eigenvalue weighted by Gasteiger charge is -2.40. The molecule has 0 aliphatic carbocycles. The Labute approximate surface area is 213 Å². The van der Waals surface area contributed by atoms with Crippen LogP contribution >= 0.6 is 0 Å². The topological polar surface area (TPSA) is 127 Å². The molecular formula is C27H41NO8. The van der Waals surface area contributed by atoms with Crippen molar-refractivity contribution in [2.24, 2.45) is 5.92 Å². The van der Waals surface area contributed by atoms with Crippen LogP contribution in [0.3, 0.4) is 0 Å². The van der Waals surface area contributed by atoms with Gasteiger partial charge in [0.15, 0.2) is 5.79 Å². The smallest absolute Gasteiger partial charge is 0.303 e. The normalized spacial score (nSPS) is 39.9. The van der Waals surface area contributed by atoms with Crippen molar-refractivity contribution in [1.29, 1.82) is 0 Å². The average molecular weight is 508 g/mol. The summed E-state index contributed by atoms with van der Waals surface area (Å²) in [5.74, 6) is -1.75. The highest BCUT2D eigenvalue weighted by molar-refractivity contribution is 5.87. The van der Waals surface area contributed by atoms with Gasteiger partial charge in [-0.05, 0) is 52.5 Å². The molecule has 3 N–H and O–H groups in total. The lowest BCUT2D eigenvalue weighted by molar-refractivity contribution is -0.272. The molecule has 1 spiro atoms. The number of hydrogen-bond acceptors (Lipinski definition) is 8. The highest BCUT2D eigenvalue weighted by atomic mass is 16.7. The molecule has 3 saturated heterocycles. The second-order valence-electron chi connectivity index (χ2n) is 10.7. The van der Waals surface area contributed by atoms with Gasteiger partial charge in [-0.3, -0.25) is 9.59 Å². The maximum atomic E-state index is 12.3. The molecule has 0 aromatic rings. The van der Waals surface area contributed by atoms with Crippen LogP contribution in [-0.4, -0.2) is 76.6 Å². The quantitative estimate of drug-likeness (QED) is 0.198. The number of aliphatic hydroxyl groups is 2. The number of carbonyl (C=O) groups excluding carboxylic acids is 2. The Morgan fingerprint density at radius 3 is 2.58 bits per heavy atom. The molecule has 1 unspecified atom stereocenters. The van der Waals surface area contributed by atoms with Crippen LogP contribution in [0.5, 0.6) is 0 Å². The summed E-state index contributed by atoms with van der Waals surface area (Å²) in [6.45, 7) is 11.1. The van der Waals surface area contributed by atoms with Gasteiger partial charge in [0, 0.05) is 19.4 Å². The first-order valence-electron chi connectivity index (χ1n) is 12.7. The molecule has 3 aliphatic heterocycles. The van der Waals surface area contributed by atoms with Gasteiger partial charge in [-0.1, -0.05) is 30.7 Å². The molecule has 3 fully saturated rings. The van der Waals surface area contributed by atoms with E-state index >= 15 is 0 Å². The molecule has 202 valence electrons. The molecule has 0 bridgehead atoms. The number of amides is 1. The molecule has 9 nitrogen and oxygen atoms in total. The van der Waals surface area contributed by atoms with Crippen LogP contribution in [0.1, 0.15) is 60.8 Å². The maximum Gasteiger partial charge on any atom is 0.303 e. The van der Waals surface area contributed by atoms with Gasteiger partial charge in [0.05, 0.1) is 24.9 Å². The Bertz CT molecular complexity index is 890. The summed E-state index contributed by atoms with van der Waals surface area (Å²) in [6, 6.07) is -0.114. The summed E-state index contributed by atoms with van der Waals surface area (Å²) in [7, 11) is 0. The minimum Gasteiger partial charge on any atom is -0.459 e. The zero-order chi connectivity index (χ0) is 26.7. The van der Waals surface area contributed by atoms with E-state index in [0.29, 0.717) is 13.0 Å². The van der Waals surface area contributed by atoms with Crippen LogP contribution in [0.4, 0.5) is 0 Å². The Balaban J connectivity index is 1.49. The predicted molar refractivity (Wildman–Crippen MR) is 133 cm³/mol. The molecular weight excluding hydrogens is 466 g/mol. The largest absolute Gasteiger partial charge is 0.459 e. The fourth-order valence-corrected chi connectivity index (χ4v) is 4.95. The van der Waals surface area contributed by atoms with E-state index in [9.17, 15) is 19.8 Å². The van der Waals surface area contributed by atoms with Gasteiger partial charge in [-0.25, -0.2) is 0 Å². The summed E-state index contributed by atoms with van der Waals surface area (Å²) in [5.41, 5.74) is 0.283. The number of rotatable bonds is 8. The molecule has 0 saturated carbocycles. The predicted octanol–water partition coefficient (Wildman–Crippen LogP) is 2.31. The molecule has 3 aliphatic rings. The van der Waals surface area contributed by atoms with Crippen molar-refractivity contribution >= 4 is 11.9 Å². The summed E-state index contributed by atoms with van der Waals surface area (Å²) < 4.78 is 22.3. The monoisotopic (exact) mass is 507 g/mol. The molecule has 0 aromatic carbocycles. The van der Waals surface area contributed by atoms with Crippen molar-refractivity contribution < 1.29 is 38.7 Å². The van der Waals surface area contributed by atoms with Gasteiger partial charge in [0.25, 0.3) is 0 Å². The van der Waals surface area contributed by atoms with Crippen molar-refractivity contribution in [3.63, 3.8) is 0 Å². The SMILES string of the molecule is CC(=O)O[C@@H](C)/C=C\C(=O)NC1C[C@H](C)[C@H](C/C=C(C)/C=C/[C@H]2O[C@](C)(O)C[C@@]3(CO3)[C@@H]2O)O[C@@H]1C. The number of nitrogens with one attached hydrogen (secondary N) is 1. The van der Waals surface area contributed by atoms with Crippen molar-refractivity contribution in [1.82, 2.24) is 5.32 Å². The third-order valence-electron chi connectivity index (χ3n) is 7.02. The Morgan fingerprint density at radius 1 is 1.25 bits per heavy atom. The van der Waals surface area contributed by atoms with Crippen LogP contribution < -0.4 is 5.32 Å². The fourth-order valence-electron chi connectivity index (χ4n) is 4.95. The number of esters is 1. The highest BCUT2D eigenvalue weighted by Crippen LogP contribution is 2.45. The van der Waals surface area contributed by atoms with E-state index in [1.807, 2.05) is 19.9 Å². The minimum absolute atomic E-state index is 0.0106. The van der Waals surface area contributed by atoms with E-state index < -0.39 is 35.7 Å². The van der Waals surface area contributed by atoms with Crippen molar-refractivity contribution in [3.05, 3.63) is 36.0 Å². The van der Waals surface area contributed by atoms with Crippen molar-refractivity contribution in [2.75, 3.05) is 6.61 Å². The van der Waals surface area contributed by atoms with Gasteiger partial charge < -0.3 is 34.5 Å². The first-order valence-corrected chi connectivity index (χ1v) is 12.7. The van der Waals surface area contributed by atoms with Gasteiger partial charge in [0.2, 0.25) is 5.91 Å². The second kappa shape index (κ2) is 11.6. The number of ether oxygens (including phenoxy) is 4. The lowest BCUT2D eigenvalue weighted by Crippen LogP contribution is -2.54. The number of epoxide rings is 1. The van der Waals surface area contributed by atoms with Crippen LogP contribution in [0.2, 0.25) is 0 Å².